The van der Waals surface area contributed by atoms with Crippen molar-refractivity contribution in [3.63, 3.8) is 0 Å². The number of nitriles is 1. The van der Waals surface area contributed by atoms with E-state index in [9.17, 15) is 13.2 Å². The second-order valence-corrected chi connectivity index (χ2v) is 7.97. The van der Waals surface area contributed by atoms with Gasteiger partial charge in [-0.2, -0.15) is 9.57 Å². The Hall–Kier alpha value is -2.76. The molecule has 1 aliphatic rings. The smallest absolute Gasteiger partial charge is 0.253 e. The lowest BCUT2D eigenvalue weighted by Gasteiger charge is -2.31. The van der Waals surface area contributed by atoms with E-state index in [4.69, 9.17) is 5.26 Å². The maximum absolute atomic E-state index is 12.7. The van der Waals surface area contributed by atoms with E-state index in [2.05, 4.69) is 10.3 Å². The highest BCUT2D eigenvalue weighted by Gasteiger charge is 2.30. The number of carbonyl (C=O) groups excluding carboxylic acids is 1. The average Bonchev–Trinajstić information content (AvgIpc) is 2.69. The lowest BCUT2D eigenvalue weighted by Crippen LogP contribution is -2.46. The van der Waals surface area contributed by atoms with Crippen molar-refractivity contribution in [2.24, 2.45) is 0 Å². The number of carbonyl (C=O) groups is 1. The van der Waals surface area contributed by atoms with Crippen molar-refractivity contribution in [2.45, 2.75) is 23.8 Å². The molecule has 3 rings (SSSR count). The predicted molar refractivity (Wildman–Crippen MR) is 94.6 cm³/mol. The molecule has 0 bridgehead atoms. The van der Waals surface area contributed by atoms with Gasteiger partial charge in [-0.15, -0.1) is 0 Å². The number of pyridine rings is 1. The summed E-state index contributed by atoms with van der Waals surface area (Å²) in [5, 5.41) is 11.7. The van der Waals surface area contributed by atoms with Crippen LogP contribution in [-0.4, -0.2) is 42.7 Å². The molecule has 0 aliphatic carbocycles. The molecule has 0 atom stereocenters. The van der Waals surface area contributed by atoms with Gasteiger partial charge in [0.15, 0.2) is 0 Å². The number of hydrogen-bond donors (Lipinski definition) is 1. The molecule has 7 nitrogen and oxygen atoms in total. The van der Waals surface area contributed by atoms with Gasteiger partial charge in [0.1, 0.15) is 0 Å². The number of rotatable bonds is 4. The summed E-state index contributed by atoms with van der Waals surface area (Å²) in [6.07, 6.45) is 4.19. The summed E-state index contributed by atoms with van der Waals surface area (Å²) < 4.78 is 26.8. The molecule has 1 amide bonds. The van der Waals surface area contributed by atoms with E-state index in [0.29, 0.717) is 37.1 Å². The highest BCUT2D eigenvalue weighted by Crippen LogP contribution is 2.21. The molecule has 134 valence electrons. The summed E-state index contributed by atoms with van der Waals surface area (Å²) in [6, 6.07) is 11.2. The Morgan fingerprint density at radius 3 is 2.46 bits per heavy atom. The summed E-state index contributed by atoms with van der Waals surface area (Å²) in [5.41, 5.74) is 0.904. The maximum atomic E-state index is 12.7. The predicted octanol–water partition coefficient (Wildman–Crippen LogP) is 1.54. The lowest BCUT2D eigenvalue weighted by atomic mass is 10.1. The Bertz CT molecular complexity index is 913. The first kappa shape index (κ1) is 18.0. The highest BCUT2D eigenvalue weighted by molar-refractivity contribution is 7.89. The first-order valence-electron chi connectivity index (χ1n) is 8.22. The molecule has 8 heteroatoms. The highest BCUT2D eigenvalue weighted by atomic mass is 32.2. The van der Waals surface area contributed by atoms with E-state index < -0.39 is 10.0 Å². The van der Waals surface area contributed by atoms with Gasteiger partial charge < -0.3 is 5.32 Å². The van der Waals surface area contributed by atoms with Crippen LogP contribution >= 0.6 is 0 Å². The van der Waals surface area contributed by atoms with Crippen molar-refractivity contribution in [2.75, 3.05) is 13.1 Å². The Morgan fingerprint density at radius 2 is 1.88 bits per heavy atom. The van der Waals surface area contributed by atoms with Crippen molar-refractivity contribution in [1.29, 1.82) is 5.26 Å². The van der Waals surface area contributed by atoms with Crippen LogP contribution in [0.2, 0.25) is 0 Å². The lowest BCUT2D eigenvalue weighted by molar-refractivity contribution is 0.0923. The van der Waals surface area contributed by atoms with Crippen LogP contribution in [0.25, 0.3) is 0 Å². The molecule has 1 saturated heterocycles. The molecule has 1 aromatic heterocycles. The Labute approximate surface area is 152 Å². The van der Waals surface area contributed by atoms with Gasteiger partial charge in [-0.3, -0.25) is 9.78 Å². The molecular formula is C18H18N4O3S. The standard InChI is InChI=1S/C18H18N4O3S/c19-12-14-3-5-17(6-4-14)26(24,25)22-10-7-16(8-11-22)21-18(23)15-2-1-9-20-13-15/h1-6,9,13,16H,7-8,10-11H2,(H,21,23). The van der Waals surface area contributed by atoms with E-state index in [0.717, 1.165) is 0 Å². The SMILES string of the molecule is N#Cc1ccc(S(=O)(=O)N2CCC(NC(=O)c3cccnc3)CC2)cc1. The first-order chi connectivity index (χ1) is 12.5. The fraction of sp³-hybridized carbons (Fsp3) is 0.278. The average molecular weight is 370 g/mol. The van der Waals surface area contributed by atoms with Crippen LogP contribution in [-0.2, 0) is 10.0 Å². The number of piperidine rings is 1. The minimum absolute atomic E-state index is 0.0740. The van der Waals surface area contributed by atoms with Gasteiger partial charge >= 0.3 is 0 Å². The van der Waals surface area contributed by atoms with E-state index >= 15 is 0 Å². The third kappa shape index (κ3) is 3.90. The van der Waals surface area contributed by atoms with Crippen LogP contribution in [0.5, 0.6) is 0 Å². The van der Waals surface area contributed by atoms with Gasteiger partial charge in [0.05, 0.1) is 22.1 Å². The minimum Gasteiger partial charge on any atom is -0.349 e. The van der Waals surface area contributed by atoms with Crippen LogP contribution in [0, 0.1) is 11.3 Å². The molecule has 1 N–H and O–H groups in total. The number of nitrogens with zero attached hydrogens (tertiary/aromatic N) is 3. The molecule has 2 aromatic rings. The van der Waals surface area contributed by atoms with Gasteiger partial charge in [-0.05, 0) is 49.2 Å². The van der Waals surface area contributed by atoms with E-state index in [1.165, 1.54) is 34.8 Å². The number of hydrogen-bond acceptors (Lipinski definition) is 5. The maximum Gasteiger partial charge on any atom is 0.253 e. The topological polar surface area (TPSA) is 103 Å². The molecule has 0 unspecified atom stereocenters. The number of nitrogens with one attached hydrogen (secondary N) is 1. The van der Waals surface area contributed by atoms with Crippen LogP contribution in [0.4, 0.5) is 0 Å². The number of aromatic nitrogens is 1. The van der Waals surface area contributed by atoms with Crippen molar-refractivity contribution in [3.05, 3.63) is 59.9 Å². The summed E-state index contributed by atoms with van der Waals surface area (Å²) in [6.45, 7) is 0.667. The van der Waals surface area contributed by atoms with Crippen molar-refractivity contribution >= 4 is 15.9 Å². The summed E-state index contributed by atoms with van der Waals surface area (Å²) in [7, 11) is -3.59. The molecule has 1 aliphatic heterocycles. The van der Waals surface area contributed by atoms with E-state index in [1.54, 1.807) is 18.3 Å². The van der Waals surface area contributed by atoms with Crippen molar-refractivity contribution < 1.29 is 13.2 Å². The molecule has 1 fully saturated rings. The third-order valence-corrected chi connectivity index (χ3v) is 6.25. The normalized spacial score (nSPS) is 16.0. The van der Waals surface area contributed by atoms with Gasteiger partial charge in [-0.1, -0.05) is 0 Å². The number of benzene rings is 1. The quantitative estimate of drug-likeness (QED) is 0.879. The van der Waals surface area contributed by atoms with Crippen LogP contribution < -0.4 is 5.32 Å². The number of amides is 1. The van der Waals surface area contributed by atoms with Crippen molar-refractivity contribution in [3.8, 4) is 6.07 Å². The van der Waals surface area contributed by atoms with Gasteiger partial charge in [0.25, 0.3) is 5.91 Å². The van der Waals surface area contributed by atoms with E-state index in [1.807, 2.05) is 6.07 Å². The molecule has 26 heavy (non-hydrogen) atoms. The summed E-state index contributed by atoms with van der Waals surface area (Å²) >= 11 is 0. The van der Waals surface area contributed by atoms with Crippen LogP contribution in [0.1, 0.15) is 28.8 Å². The number of sulfonamides is 1. The zero-order valence-electron chi connectivity index (χ0n) is 14.0. The summed E-state index contributed by atoms with van der Waals surface area (Å²) in [5.74, 6) is -0.202. The minimum atomic E-state index is -3.59. The summed E-state index contributed by atoms with van der Waals surface area (Å²) in [4.78, 5) is 16.3. The fourth-order valence-corrected chi connectivity index (χ4v) is 4.33. The Balaban J connectivity index is 1.60. The molecule has 0 saturated carbocycles. The Morgan fingerprint density at radius 1 is 1.19 bits per heavy atom. The third-order valence-electron chi connectivity index (χ3n) is 4.33. The zero-order valence-corrected chi connectivity index (χ0v) is 14.8. The van der Waals surface area contributed by atoms with Crippen LogP contribution in [0.3, 0.4) is 0 Å². The van der Waals surface area contributed by atoms with Gasteiger partial charge in [-0.25, -0.2) is 8.42 Å². The van der Waals surface area contributed by atoms with Gasteiger partial charge in [0, 0.05) is 31.5 Å². The molecule has 0 spiro atoms. The molecule has 1 aromatic carbocycles. The van der Waals surface area contributed by atoms with Crippen LogP contribution in [0.15, 0.2) is 53.7 Å². The molecule has 0 radical (unpaired) electrons. The first-order valence-corrected chi connectivity index (χ1v) is 9.66. The molecular weight excluding hydrogens is 352 g/mol. The largest absolute Gasteiger partial charge is 0.349 e. The second-order valence-electron chi connectivity index (χ2n) is 6.03. The fourth-order valence-electron chi connectivity index (χ4n) is 2.86. The molecule has 2 heterocycles. The van der Waals surface area contributed by atoms with Crippen molar-refractivity contribution in [1.82, 2.24) is 14.6 Å². The second kappa shape index (κ2) is 7.64. The zero-order chi connectivity index (χ0) is 18.6. The monoisotopic (exact) mass is 370 g/mol. The van der Waals surface area contributed by atoms with E-state index in [-0.39, 0.29) is 16.8 Å². The van der Waals surface area contributed by atoms with Gasteiger partial charge in [0.2, 0.25) is 10.0 Å². The Kier molecular flexibility index (Phi) is 5.30.